The van der Waals surface area contributed by atoms with Crippen LogP contribution in [0.3, 0.4) is 0 Å². The van der Waals surface area contributed by atoms with E-state index < -0.39 is 295 Å². The molecule has 0 aromatic carbocycles. The molecule has 7 heterocycles. The van der Waals surface area contributed by atoms with Crippen molar-refractivity contribution in [2.75, 3.05) is 46.2 Å². The van der Waals surface area contributed by atoms with Crippen molar-refractivity contribution < 1.29 is 183 Å². The quantitative estimate of drug-likeness (QED) is 0.0288. The molecular weight excluding hydrogens is 1340 g/mol. The molecular formula is C62H100O37. The van der Waals surface area contributed by atoms with Crippen molar-refractivity contribution >= 4 is 5.97 Å². The first-order valence-corrected chi connectivity index (χ1v) is 33.8. The maximum atomic E-state index is 15.5. The van der Waals surface area contributed by atoms with Crippen LogP contribution in [0.15, 0.2) is 12.2 Å². The first-order valence-electron chi connectivity index (χ1n) is 33.8. The molecule has 35 unspecified atom stereocenters. The van der Waals surface area contributed by atoms with E-state index in [1.807, 2.05) is 0 Å². The van der Waals surface area contributed by atoms with Crippen molar-refractivity contribution in [1.29, 1.82) is 0 Å². The number of carbonyl (C=O) groups is 1. The summed E-state index contributed by atoms with van der Waals surface area (Å²) >= 11 is 0. The zero-order valence-electron chi connectivity index (χ0n) is 54.5. The number of rotatable bonds is 21. The van der Waals surface area contributed by atoms with Crippen LogP contribution in [0.4, 0.5) is 0 Å². The van der Waals surface area contributed by atoms with Crippen LogP contribution in [-0.4, -0.2) is 379 Å². The van der Waals surface area contributed by atoms with Gasteiger partial charge in [-0.3, -0.25) is 4.79 Å². The maximum Gasteiger partial charge on any atom is 0.314 e. The van der Waals surface area contributed by atoms with Gasteiger partial charge in [0.25, 0.3) is 0 Å². The standard InChI is InChI=1S/C62H100O37/c1-21-12-61-9-5-31-59(2,7-4-8-60(31,3)58(85)98-56-49(96-54-45(83)41(79)35(73)26(15-65)89-54)47(37(75)28(17-67)91-56)95-53-44(82)40(78)34(72)25(14-64)88-53)32(61)6-10-62(21,20-61)99-57-50(97-55-46(84)42(80)36(74)27(16-66)90-55)48(38(76)29(18-68)92-57)94-51-23(70)11-22(69)30(93-51)19-86-52-43(81)39(77)33(71)24(13-63)87-52/h22-57,63-84H,1,4-20H2,2-3H3/t22?,23?,24?,25?,26?,27?,28?,29?,30?,31?,32-,33?,34?,35?,36?,37?,38?,39?,40?,41?,42?,43?,44?,45?,46?,47?,48?,49?,50?,51?,52?,53?,54?,55?,56?,57?,59+,60+,61+,62-/m0/s1. The molecule has 570 valence electrons. The second-order valence-corrected chi connectivity index (χ2v) is 29.2. The van der Waals surface area contributed by atoms with Crippen LogP contribution in [-0.2, 0) is 71.1 Å². The molecule has 11 aliphatic rings. The van der Waals surface area contributed by atoms with Crippen LogP contribution >= 0.6 is 0 Å². The maximum absolute atomic E-state index is 15.5. The van der Waals surface area contributed by atoms with Crippen molar-refractivity contribution in [3.05, 3.63) is 12.2 Å². The van der Waals surface area contributed by atoms with E-state index in [1.54, 1.807) is 6.92 Å². The summed E-state index contributed by atoms with van der Waals surface area (Å²) in [6.45, 7) is 2.43. The molecule has 4 aliphatic carbocycles. The molecule has 0 aromatic heterocycles. The van der Waals surface area contributed by atoms with E-state index >= 15 is 4.79 Å². The summed E-state index contributed by atoms with van der Waals surface area (Å²) in [6.07, 6.45) is -58.7. The Labute approximate surface area is 566 Å². The minimum Gasteiger partial charge on any atom is -0.432 e. The Morgan fingerprint density at radius 1 is 0.424 bits per heavy atom. The van der Waals surface area contributed by atoms with Crippen LogP contribution in [0, 0.1) is 28.1 Å². The van der Waals surface area contributed by atoms with Gasteiger partial charge in [0.1, 0.15) is 153 Å². The second kappa shape index (κ2) is 31.0. The van der Waals surface area contributed by atoms with Crippen LogP contribution in [0.5, 0.6) is 0 Å². The van der Waals surface area contributed by atoms with Gasteiger partial charge < -0.3 is 179 Å². The number of aliphatic hydroxyl groups is 22. The van der Waals surface area contributed by atoms with Crippen molar-refractivity contribution in [2.24, 2.45) is 28.1 Å². The van der Waals surface area contributed by atoms with E-state index in [-0.39, 0.29) is 25.2 Å². The van der Waals surface area contributed by atoms with Gasteiger partial charge in [0, 0.05) is 6.42 Å². The highest BCUT2D eigenvalue weighted by molar-refractivity contribution is 5.77. The van der Waals surface area contributed by atoms with Gasteiger partial charge in [-0.15, -0.1) is 0 Å². The van der Waals surface area contributed by atoms with Crippen molar-refractivity contribution in [1.82, 2.24) is 0 Å². The zero-order chi connectivity index (χ0) is 71.9. The first kappa shape index (κ1) is 77.9. The molecule has 22 N–H and O–H groups in total. The summed E-state index contributed by atoms with van der Waals surface area (Å²) in [5, 5.41) is 237. The van der Waals surface area contributed by atoms with Gasteiger partial charge in [-0.05, 0) is 86.5 Å². The summed E-state index contributed by atoms with van der Waals surface area (Å²) in [4.78, 5) is 15.5. The fourth-order valence-electron chi connectivity index (χ4n) is 17.8. The van der Waals surface area contributed by atoms with Crippen LogP contribution in [0.25, 0.3) is 0 Å². The average molecular weight is 1440 g/mol. The van der Waals surface area contributed by atoms with E-state index in [2.05, 4.69) is 13.5 Å². The van der Waals surface area contributed by atoms with Gasteiger partial charge >= 0.3 is 5.97 Å². The lowest BCUT2D eigenvalue weighted by molar-refractivity contribution is -0.397. The topological polar surface area (TPSA) is 591 Å². The predicted octanol–water partition coefficient (Wildman–Crippen LogP) is -10.6. The Hall–Kier alpha value is -2.19. The van der Waals surface area contributed by atoms with E-state index in [1.165, 1.54) is 0 Å². The minimum atomic E-state index is -2.09. The highest BCUT2D eigenvalue weighted by atomic mass is 16.8. The van der Waals surface area contributed by atoms with Crippen LogP contribution in [0.2, 0.25) is 0 Å². The lowest BCUT2D eigenvalue weighted by Crippen LogP contribution is -2.68. The SMILES string of the molecule is C=C1C[C@@]23CCC4[C@](C)(C(=O)OC5OC(CO)C(O)C(OC6OC(CO)C(O)C(O)C6O)C5OC5OC(CO)C(O)C(O)C5O)CCC[C@@]4(C)[C@@H]2CC[C@]1(OC1OC(CO)C(O)C(OC2OC(COC4OC(CO)C(O)C(O)C4O)C(O)CC2O)C1OC1OC(CO)C(O)C(O)C1O)C3. The Balaban J connectivity index is 0.848. The Bertz CT molecular complexity index is 2690. The van der Waals surface area contributed by atoms with Crippen molar-refractivity contribution in [2.45, 2.75) is 292 Å². The summed E-state index contributed by atoms with van der Waals surface area (Å²) in [5.41, 5.74) is -3.37. The van der Waals surface area contributed by atoms with E-state index in [0.717, 1.165) is 0 Å². The van der Waals surface area contributed by atoms with Crippen molar-refractivity contribution in [3.8, 4) is 0 Å². The molecule has 99 heavy (non-hydrogen) atoms. The number of carbonyl (C=O) groups excluding carboxylic acids is 1. The monoisotopic (exact) mass is 1440 g/mol. The van der Waals surface area contributed by atoms with Gasteiger partial charge in [0.15, 0.2) is 43.8 Å². The summed E-state index contributed by atoms with van der Waals surface area (Å²) in [5.74, 6) is -1.50. The van der Waals surface area contributed by atoms with Gasteiger partial charge in [0.2, 0.25) is 6.29 Å². The van der Waals surface area contributed by atoms with E-state index in [4.69, 9.17) is 66.3 Å². The first-order chi connectivity index (χ1) is 46.9. The average Bonchev–Trinajstić information content (AvgIpc) is 1.48. The number of aliphatic hydroxyl groups excluding tert-OH is 22. The van der Waals surface area contributed by atoms with Gasteiger partial charge in [-0.2, -0.15) is 0 Å². The third-order valence-electron chi connectivity index (χ3n) is 23.3. The molecule has 0 amide bonds. The number of esters is 1. The molecule has 40 atom stereocenters. The Morgan fingerprint density at radius 2 is 0.818 bits per heavy atom. The van der Waals surface area contributed by atoms with Gasteiger partial charge in [0.05, 0.1) is 63.4 Å². The molecule has 7 saturated heterocycles. The fourth-order valence-corrected chi connectivity index (χ4v) is 17.8. The predicted molar refractivity (Wildman–Crippen MR) is 316 cm³/mol. The lowest BCUT2D eigenvalue weighted by Gasteiger charge is -2.64. The third-order valence-corrected chi connectivity index (χ3v) is 23.3. The molecule has 0 radical (unpaired) electrons. The smallest absolute Gasteiger partial charge is 0.314 e. The molecule has 7 aliphatic heterocycles. The van der Waals surface area contributed by atoms with E-state index in [9.17, 15) is 112 Å². The minimum absolute atomic E-state index is 0.181. The van der Waals surface area contributed by atoms with Crippen molar-refractivity contribution in [3.63, 3.8) is 0 Å². The molecule has 11 fully saturated rings. The zero-order valence-corrected chi connectivity index (χ0v) is 54.5. The number of fused-ring (bicyclic) bond motifs is 3. The molecule has 37 heteroatoms. The molecule has 0 aromatic rings. The lowest BCUT2D eigenvalue weighted by atomic mass is 9.41. The molecule has 11 rings (SSSR count). The molecule has 4 saturated carbocycles. The summed E-state index contributed by atoms with van der Waals surface area (Å²) in [6, 6.07) is 0. The highest BCUT2D eigenvalue weighted by Gasteiger charge is 2.70. The van der Waals surface area contributed by atoms with Gasteiger partial charge in [-0.25, -0.2) is 0 Å². The highest BCUT2D eigenvalue weighted by Crippen LogP contribution is 2.74. The Morgan fingerprint density at radius 3 is 1.30 bits per heavy atom. The second-order valence-electron chi connectivity index (χ2n) is 29.2. The molecule has 37 nitrogen and oxygen atoms in total. The van der Waals surface area contributed by atoms with E-state index in [0.29, 0.717) is 44.1 Å². The van der Waals surface area contributed by atoms with Crippen LogP contribution < -0.4 is 0 Å². The van der Waals surface area contributed by atoms with Gasteiger partial charge in [-0.1, -0.05) is 19.9 Å². The number of hydrogen-bond donors (Lipinski definition) is 22. The summed E-state index contributed by atoms with van der Waals surface area (Å²) in [7, 11) is 0. The largest absolute Gasteiger partial charge is 0.432 e. The van der Waals surface area contributed by atoms with Crippen LogP contribution in [0.1, 0.15) is 78.1 Å². The third kappa shape index (κ3) is 14.3. The Kier molecular flexibility index (Phi) is 24.4. The molecule has 1 spiro atoms. The fraction of sp³-hybridized carbons (Fsp3) is 0.952. The molecule has 2 bridgehead atoms. The number of ether oxygens (including phenoxy) is 14. The summed E-state index contributed by atoms with van der Waals surface area (Å²) < 4.78 is 85.1. The normalized spacial score (nSPS) is 54.1. The number of hydrogen-bond acceptors (Lipinski definition) is 37.